The fourth-order valence-electron chi connectivity index (χ4n) is 4.63. The maximum Gasteiger partial charge on any atom is 0.410 e. The van der Waals surface area contributed by atoms with Crippen LogP contribution in [0.5, 0.6) is 0 Å². The van der Waals surface area contributed by atoms with Crippen molar-refractivity contribution in [3.05, 3.63) is 34.9 Å². The second kappa shape index (κ2) is 14.8. The van der Waals surface area contributed by atoms with E-state index < -0.39 is 17.6 Å². The summed E-state index contributed by atoms with van der Waals surface area (Å²) in [6.07, 6.45) is 4.11. The number of piperidine rings is 1. The third-order valence-corrected chi connectivity index (χ3v) is 6.67. The Morgan fingerprint density at radius 2 is 1.88 bits per heavy atom. The van der Waals surface area contributed by atoms with Gasteiger partial charge in [-0.05, 0) is 77.1 Å². The zero-order valence-corrected chi connectivity index (χ0v) is 23.9. The van der Waals surface area contributed by atoms with Gasteiger partial charge < -0.3 is 25.0 Å². The van der Waals surface area contributed by atoms with Gasteiger partial charge in [0.1, 0.15) is 11.6 Å². The van der Waals surface area contributed by atoms with Crippen molar-refractivity contribution < 1.29 is 28.7 Å². The van der Waals surface area contributed by atoms with E-state index in [4.69, 9.17) is 15.2 Å². The topological polar surface area (TPSA) is 131 Å². The lowest BCUT2D eigenvalue weighted by atomic mass is 10.0. The Hall–Kier alpha value is -3.42. The van der Waals surface area contributed by atoms with Gasteiger partial charge in [0.2, 0.25) is 11.8 Å². The number of imide groups is 1. The molecule has 0 spiro atoms. The summed E-state index contributed by atoms with van der Waals surface area (Å²) in [5.41, 5.74) is 6.92. The van der Waals surface area contributed by atoms with Crippen LogP contribution in [0, 0.1) is 11.8 Å². The molecule has 10 nitrogen and oxygen atoms in total. The van der Waals surface area contributed by atoms with Gasteiger partial charge in [-0.3, -0.25) is 19.7 Å². The zero-order valence-electron chi connectivity index (χ0n) is 23.9. The molecule has 3 rings (SSSR count). The highest BCUT2D eigenvalue weighted by molar-refractivity contribution is 6.05. The SMILES string of the molecule is CC(C)(C)OC(=O)N(CCC#Cc1cccc2c1CN(C1CCC(=O)NC1=O)C2=O)CCCCOCCCCN. The number of carbonyl (C=O) groups is 4. The predicted molar refractivity (Wildman–Crippen MR) is 150 cm³/mol. The van der Waals surface area contributed by atoms with Crippen LogP contribution in [-0.2, 0) is 25.6 Å². The van der Waals surface area contributed by atoms with Gasteiger partial charge >= 0.3 is 6.09 Å². The number of nitrogens with zero attached hydrogens (tertiary/aromatic N) is 2. The number of rotatable bonds is 12. The van der Waals surface area contributed by atoms with E-state index >= 15 is 0 Å². The quantitative estimate of drug-likeness (QED) is 0.231. The van der Waals surface area contributed by atoms with Gasteiger partial charge in [-0.1, -0.05) is 17.9 Å². The first-order valence-electron chi connectivity index (χ1n) is 14.1. The second-order valence-electron chi connectivity index (χ2n) is 11.1. The lowest BCUT2D eigenvalue weighted by Gasteiger charge is -2.29. The summed E-state index contributed by atoms with van der Waals surface area (Å²) in [4.78, 5) is 52.9. The van der Waals surface area contributed by atoms with Crippen LogP contribution in [0.3, 0.4) is 0 Å². The van der Waals surface area contributed by atoms with E-state index in [9.17, 15) is 19.2 Å². The maximum absolute atomic E-state index is 13.0. The van der Waals surface area contributed by atoms with Crippen LogP contribution in [0.15, 0.2) is 18.2 Å². The van der Waals surface area contributed by atoms with E-state index in [1.54, 1.807) is 17.0 Å². The Balaban J connectivity index is 1.58. The van der Waals surface area contributed by atoms with Crippen LogP contribution in [0.1, 0.15) is 87.2 Å². The summed E-state index contributed by atoms with van der Waals surface area (Å²) in [5.74, 6) is 5.32. The number of carbonyl (C=O) groups excluding carboxylic acids is 4. The van der Waals surface area contributed by atoms with Crippen molar-refractivity contribution in [1.82, 2.24) is 15.1 Å². The summed E-state index contributed by atoms with van der Waals surface area (Å²) in [5, 5.41) is 2.32. The highest BCUT2D eigenvalue weighted by atomic mass is 16.6. The van der Waals surface area contributed by atoms with Gasteiger partial charge in [-0.15, -0.1) is 0 Å². The molecule has 1 fully saturated rings. The molecule has 1 atom stereocenters. The molecule has 0 saturated carbocycles. The fourth-order valence-corrected chi connectivity index (χ4v) is 4.63. The van der Waals surface area contributed by atoms with Crippen LogP contribution < -0.4 is 11.1 Å². The molecule has 0 bridgehead atoms. The van der Waals surface area contributed by atoms with Gasteiger partial charge in [0.05, 0.1) is 0 Å². The van der Waals surface area contributed by atoms with Crippen LogP contribution in [-0.4, -0.2) is 78.1 Å². The third kappa shape index (κ3) is 9.07. The van der Waals surface area contributed by atoms with E-state index in [-0.39, 0.29) is 30.9 Å². The monoisotopic (exact) mass is 554 g/mol. The highest BCUT2D eigenvalue weighted by Gasteiger charge is 2.39. The van der Waals surface area contributed by atoms with Gasteiger partial charge in [0, 0.05) is 56.8 Å². The summed E-state index contributed by atoms with van der Waals surface area (Å²) in [6, 6.07) is 4.70. The first-order chi connectivity index (χ1) is 19.1. The Kier molecular flexibility index (Phi) is 11.5. The molecule has 0 aromatic heterocycles. The molecule has 1 saturated heterocycles. The van der Waals surface area contributed by atoms with E-state index in [0.29, 0.717) is 51.3 Å². The fraction of sp³-hybridized carbons (Fsp3) is 0.600. The number of ether oxygens (including phenoxy) is 2. The first-order valence-corrected chi connectivity index (χ1v) is 14.1. The smallest absolute Gasteiger partial charge is 0.410 e. The molecule has 3 N–H and O–H groups in total. The van der Waals surface area contributed by atoms with Gasteiger partial charge in [-0.2, -0.15) is 0 Å². The van der Waals surface area contributed by atoms with E-state index in [2.05, 4.69) is 17.2 Å². The lowest BCUT2D eigenvalue weighted by molar-refractivity contribution is -0.136. The van der Waals surface area contributed by atoms with Gasteiger partial charge in [0.25, 0.3) is 5.91 Å². The summed E-state index contributed by atoms with van der Waals surface area (Å²) in [6.45, 7) is 8.75. The molecule has 0 aliphatic carbocycles. The van der Waals surface area contributed by atoms with Crippen LogP contribution >= 0.6 is 0 Å². The predicted octanol–water partition coefficient (Wildman–Crippen LogP) is 2.96. The normalized spacial score (nSPS) is 16.8. The average Bonchev–Trinajstić information content (AvgIpc) is 3.22. The Bertz CT molecular complexity index is 1130. The number of hydrogen-bond donors (Lipinski definition) is 2. The minimum Gasteiger partial charge on any atom is -0.444 e. The molecule has 2 aliphatic rings. The molecule has 1 aromatic carbocycles. The molecule has 40 heavy (non-hydrogen) atoms. The van der Waals surface area contributed by atoms with Gasteiger partial charge in [0.15, 0.2) is 0 Å². The molecular weight excluding hydrogens is 512 g/mol. The molecule has 218 valence electrons. The molecule has 2 aliphatic heterocycles. The molecular formula is C30H42N4O6. The first kappa shape index (κ1) is 31.1. The van der Waals surface area contributed by atoms with Crippen molar-refractivity contribution in [3.63, 3.8) is 0 Å². The molecule has 1 unspecified atom stereocenters. The van der Waals surface area contributed by atoms with Crippen molar-refractivity contribution in [2.24, 2.45) is 5.73 Å². The number of hydrogen-bond acceptors (Lipinski definition) is 7. The van der Waals surface area contributed by atoms with Crippen molar-refractivity contribution in [1.29, 1.82) is 0 Å². The number of amides is 4. The molecule has 1 aromatic rings. The van der Waals surface area contributed by atoms with E-state index in [1.807, 2.05) is 26.8 Å². The average molecular weight is 555 g/mol. The summed E-state index contributed by atoms with van der Waals surface area (Å²) in [7, 11) is 0. The van der Waals surface area contributed by atoms with Crippen molar-refractivity contribution in [3.8, 4) is 11.8 Å². The third-order valence-electron chi connectivity index (χ3n) is 6.67. The maximum atomic E-state index is 13.0. The van der Waals surface area contributed by atoms with Crippen LogP contribution in [0.2, 0.25) is 0 Å². The molecule has 2 heterocycles. The van der Waals surface area contributed by atoms with Crippen molar-refractivity contribution in [2.45, 2.75) is 83.9 Å². The Labute approximate surface area is 236 Å². The lowest BCUT2D eigenvalue weighted by Crippen LogP contribution is -2.52. The van der Waals surface area contributed by atoms with Crippen LogP contribution in [0.25, 0.3) is 0 Å². The highest BCUT2D eigenvalue weighted by Crippen LogP contribution is 2.29. The Morgan fingerprint density at radius 1 is 1.12 bits per heavy atom. The number of fused-ring (bicyclic) bond motifs is 1. The van der Waals surface area contributed by atoms with E-state index in [1.165, 1.54) is 4.90 Å². The molecule has 0 radical (unpaired) electrons. The number of nitrogens with two attached hydrogens (primary N) is 1. The van der Waals surface area contributed by atoms with E-state index in [0.717, 1.165) is 36.8 Å². The molecule has 4 amide bonds. The van der Waals surface area contributed by atoms with Crippen molar-refractivity contribution >= 4 is 23.8 Å². The number of benzene rings is 1. The van der Waals surface area contributed by atoms with Gasteiger partial charge in [-0.25, -0.2) is 4.79 Å². The zero-order chi connectivity index (χ0) is 29.1. The summed E-state index contributed by atoms with van der Waals surface area (Å²) >= 11 is 0. The van der Waals surface area contributed by atoms with Crippen LogP contribution in [0.4, 0.5) is 4.79 Å². The minimum atomic E-state index is -0.669. The molecule has 10 heteroatoms. The largest absolute Gasteiger partial charge is 0.444 e. The second-order valence-corrected chi connectivity index (χ2v) is 11.1. The standard InChI is InChI=1S/C30H42N4O6/c1-30(2,3)40-29(38)33(18-7-9-20-39-19-8-5-16-31)17-6-4-11-22-12-10-13-23-24(22)21-34(28(23)37)25-14-15-26(35)32-27(25)36/h10,12-13,25H,5-9,14-21,31H2,1-3H3,(H,32,35,36). The summed E-state index contributed by atoms with van der Waals surface area (Å²) < 4.78 is 11.2. The number of unbranched alkanes of at least 4 members (excludes halogenated alkanes) is 2. The minimum absolute atomic E-state index is 0.208. The van der Waals surface area contributed by atoms with Crippen molar-refractivity contribution in [2.75, 3.05) is 32.8 Å². The Morgan fingerprint density at radius 3 is 2.58 bits per heavy atom. The number of nitrogens with one attached hydrogen (secondary N) is 1.